The zero-order chi connectivity index (χ0) is 17.6. The lowest BCUT2D eigenvalue weighted by molar-refractivity contribution is -0.115. The van der Waals surface area contributed by atoms with Gasteiger partial charge in [-0.2, -0.15) is 0 Å². The van der Waals surface area contributed by atoms with Crippen molar-refractivity contribution >= 4 is 11.6 Å². The minimum atomic E-state index is -0.112. The van der Waals surface area contributed by atoms with E-state index in [2.05, 4.69) is 10.3 Å². The summed E-state index contributed by atoms with van der Waals surface area (Å²) in [5, 5.41) is 2.89. The number of anilines is 1. The molecule has 0 aliphatic heterocycles. The van der Waals surface area contributed by atoms with Crippen LogP contribution in [0.5, 0.6) is 11.5 Å². The Bertz CT molecular complexity index is 843. The number of hydrogen-bond donors (Lipinski definition) is 1. The summed E-state index contributed by atoms with van der Waals surface area (Å²) in [5.41, 5.74) is 2.52. The second kappa shape index (κ2) is 7.53. The van der Waals surface area contributed by atoms with Gasteiger partial charge in [-0.05, 0) is 30.3 Å². The van der Waals surface area contributed by atoms with E-state index >= 15 is 0 Å². The van der Waals surface area contributed by atoms with E-state index in [0.29, 0.717) is 11.5 Å². The summed E-state index contributed by atoms with van der Waals surface area (Å²) >= 11 is 0. The van der Waals surface area contributed by atoms with Crippen LogP contribution in [0, 0.1) is 0 Å². The van der Waals surface area contributed by atoms with E-state index in [-0.39, 0.29) is 12.3 Å². The molecule has 25 heavy (non-hydrogen) atoms. The third kappa shape index (κ3) is 3.98. The second-order valence-electron chi connectivity index (χ2n) is 5.42. The molecule has 6 nitrogen and oxygen atoms in total. The number of nitrogens with one attached hydrogen (secondary N) is 1. The number of rotatable bonds is 6. The van der Waals surface area contributed by atoms with Crippen molar-refractivity contribution < 1.29 is 14.3 Å². The summed E-state index contributed by atoms with van der Waals surface area (Å²) in [6, 6.07) is 13.0. The molecule has 0 bridgehead atoms. The standard InChI is InChI=1S/C19H19N3O3/c1-24-17-8-3-14(18(12-17)25-2)11-19(23)21-15-4-6-16(7-5-15)22-10-9-20-13-22/h3-10,12-13H,11H2,1-2H3,(H,21,23). The van der Waals surface area contributed by atoms with Gasteiger partial charge in [0, 0.05) is 35.4 Å². The number of carbonyl (C=O) groups is 1. The van der Waals surface area contributed by atoms with Gasteiger partial charge in [-0.25, -0.2) is 4.98 Å². The van der Waals surface area contributed by atoms with Crippen LogP contribution in [-0.4, -0.2) is 29.7 Å². The first-order valence-electron chi connectivity index (χ1n) is 7.79. The zero-order valence-corrected chi connectivity index (χ0v) is 14.1. The van der Waals surface area contributed by atoms with Gasteiger partial charge in [0.05, 0.1) is 27.0 Å². The highest BCUT2D eigenvalue weighted by Crippen LogP contribution is 2.25. The van der Waals surface area contributed by atoms with Crippen LogP contribution in [0.2, 0.25) is 0 Å². The monoisotopic (exact) mass is 337 g/mol. The molecule has 0 aliphatic rings. The van der Waals surface area contributed by atoms with Crippen molar-refractivity contribution in [2.75, 3.05) is 19.5 Å². The maximum Gasteiger partial charge on any atom is 0.228 e. The summed E-state index contributed by atoms with van der Waals surface area (Å²) < 4.78 is 12.4. The van der Waals surface area contributed by atoms with Crippen molar-refractivity contribution in [2.45, 2.75) is 6.42 Å². The van der Waals surface area contributed by atoms with Crippen LogP contribution in [-0.2, 0) is 11.2 Å². The molecule has 1 aromatic heterocycles. The normalized spacial score (nSPS) is 10.3. The SMILES string of the molecule is COc1ccc(CC(=O)Nc2ccc(-n3ccnc3)cc2)c(OC)c1. The predicted octanol–water partition coefficient (Wildman–Crippen LogP) is 3.07. The highest BCUT2D eigenvalue weighted by molar-refractivity contribution is 5.92. The molecule has 6 heteroatoms. The van der Waals surface area contributed by atoms with Crippen LogP contribution in [0.25, 0.3) is 5.69 Å². The predicted molar refractivity (Wildman–Crippen MR) is 95.4 cm³/mol. The fraction of sp³-hybridized carbons (Fsp3) is 0.158. The van der Waals surface area contributed by atoms with Gasteiger partial charge in [-0.1, -0.05) is 6.07 Å². The van der Waals surface area contributed by atoms with Gasteiger partial charge in [0.25, 0.3) is 0 Å². The average Bonchev–Trinajstić information content (AvgIpc) is 3.17. The molecule has 0 spiro atoms. The summed E-state index contributed by atoms with van der Waals surface area (Å²) in [4.78, 5) is 16.3. The molecule has 3 aromatic rings. The number of amides is 1. The lowest BCUT2D eigenvalue weighted by atomic mass is 10.1. The van der Waals surface area contributed by atoms with E-state index in [4.69, 9.17) is 9.47 Å². The molecule has 3 rings (SSSR count). The molecule has 1 amide bonds. The molecule has 1 heterocycles. The summed E-state index contributed by atoms with van der Waals surface area (Å²) in [7, 11) is 3.17. The number of nitrogens with zero attached hydrogens (tertiary/aromatic N) is 2. The molecule has 0 aliphatic carbocycles. The van der Waals surface area contributed by atoms with Crippen molar-refractivity contribution in [1.82, 2.24) is 9.55 Å². The smallest absolute Gasteiger partial charge is 0.228 e. The van der Waals surface area contributed by atoms with Crippen molar-refractivity contribution in [3.05, 3.63) is 66.7 Å². The first kappa shape index (κ1) is 16.6. The first-order valence-corrected chi connectivity index (χ1v) is 7.79. The van der Waals surface area contributed by atoms with E-state index in [9.17, 15) is 4.79 Å². The third-order valence-electron chi connectivity index (χ3n) is 3.80. The van der Waals surface area contributed by atoms with Crippen LogP contribution in [0.3, 0.4) is 0 Å². The van der Waals surface area contributed by atoms with E-state index in [1.807, 2.05) is 47.2 Å². The largest absolute Gasteiger partial charge is 0.497 e. The fourth-order valence-electron chi connectivity index (χ4n) is 2.50. The summed E-state index contributed by atoms with van der Waals surface area (Å²) in [6.45, 7) is 0. The number of imidazole rings is 1. The van der Waals surface area contributed by atoms with E-state index in [1.54, 1.807) is 32.8 Å². The van der Waals surface area contributed by atoms with Crippen molar-refractivity contribution in [1.29, 1.82) is 0 Å². The number of carbonyl (C=O) groups excluding carboxylic acids is 1. The topological polar surface area (TPSA) is 65.4 Å². The molecule has 0 radical (unpaired) electrons. The number of methoxy groups -OCH3 is 2. The average molecular weight is 337 g/mol. The number of ether oxygens (including phenoxy) is 2. The van der Waals surface area contributed by atoms with Crippen molar-refractivity contribution in [2.24, 2.45) is 0 Å². The van der Waals surface area contributed by atoms with Crippen LogP contribution in [0.4, 0.5) is 5.69 Å². The third-order valence-corrected chi connectivity index (χ3v) is 3.80. The van der Waals surface area contributed by atoms with Gasteiger partial charge < -0.3 is 19.4 Å². The Labute approximate surface area is 146 Å². The molecular weight excluding hydrogens is 318 g/mol. The lowest BCUT2D eigenvalue weighted by Crippen LogP contribution is -2.15. The Morgan fingerprint density at radius 3 is 2.56 bits per heavy atom. The number of benzene rings is 2. The van der Waals surface area contributed by atoms with Gasteiger partial charge in [0.2, 0.25) is 5.91 Å². The lowest BCUT2D eigenvalue weighted by Gasteiger charge is -2.11. The van der Waals surface area contributed by atoms with Gasteiger partial charge >= 0.3 is 0 Å². The second-order valence-corrected chi connectivity index (χ2v) is 5.42. The van der Waals surface area contributed by atoms with E-state index < -0.39 is 0 Å². The van der Waals surface area contributed by atoms with Gasteiger partial charge in [-0.15, -0.1) is 0 Å². The molecule has 0 unspecified atom stereocenters. The van der Waals surface area contributed by atoms with Crippen LogP contribution < -0.4 is 14.8 Å². The minimum Gasteiger partial charge on any atom is -0.497 e. The highest BCUT2D eigenvalue weighted by Gasteiger charge is 2.10. The molecular formula is C19H19N3O3. The maximum atomic E-state index is 12.3. The van der Waals surface area contributed by atoms with Crippen LogP contribution in [0.1, 0.15) is 5.56 Å². The Balaban J connectivity index is 1.66. The maximum absolute atomic E-state index is 12.3. The van der Waals surface area contributed by atoms with Gasteiger partial charge in [0.1, 0.15) is 11.5 Å². The Morgan fingerprint density at radius 1 is 1.12 bits per heavy atom. The molecule has 1 N–H and O–H groups in total. The van der Waals surface area contributed by atoms with E-state index in [1.165, 1.54) is 0 Å². The van der Waals surface area contributed by atoms with Gasteiger partial charge in [-0.3, -0.25) is 4.79 Å². The Kier molecular flexibility index (Phi) is 4.99. The molecule has 0 saturated carbocycles. The number of aromatic nitrogens is 2. The summed E-state index contributed by atoms with van der Waals surface area (Å²) in [6.07, 6.45) is 5.53. The molecule has 2 aromatic carbocycles. The summed E-state index contributed by atoms with van der Waals surface area (Å²) in [5.74, 6) is 1.21. The first-order chi connectivity index (χ1) is 12.2. The Hall–Kier alpha value is -3.28. The van der Waals surface area contributed by atoms with E-state index in [0.717, 1.165) is 16.9 Å². The van der Waals surface area contributed by atoms with Crippen molar-refractivity contribution in [3.8, 4) is 17.2 Å². The molecule has 0 saturated heterocycles. The van der Waals surface area contributed by atoms with Crippen LogP contribution >= 0.6 is 0 Å². The fourth-order valence-corrected chi connectivity index (χ4v) is 2.50. The van der Waals surface area contributed by atoms with Crippen molar-refractivity contribution in [3.63, 3.8) is 0 Å². The van der Waals surface area contributed by atoms with Crippen LogP contribution in [0.15, 0.2) is 61.2 Å². The zero-order valence-electron chi connectivity index (χ0n) is 14.1. The highest BCUT2D eigenvalue weighted by atomic mass is 16.5. The Morgan fingerprint density at radius 2 is 1.92 bits per heavy atom. The quantitative estimate of drug-likeness (QED) is 0.751. The molecule has 128 valence electrons. The van der Waals surface area contributed by atoms with Gasteiger partial charge in [0.15, 0.2) is 0 Å². The molecule has 0 fully saturated rings. The number of hydrogen-bond acceptors (Lipinski definition) is 4. The minimum absolute atomic E-state index is 0.112. The molecule has 0 atom stereocenters.